The minimum atomic E-state index is 0.204. The molecule has 0 bridgehead atoms. The van der Waals surface area contributed by atoms with Crippen LogP contribution in [-0.4, -0.2) is 55.6 Å². The van der Waals surface area contributed by atoms with E-state index in [1.165, 1.54) is 12.8 Å². The van der Waals surface area contributed by atoms with Gasteiger partial charge in [-0.05, 0) is 31.8 Å². The van der Waals surface area contributed by atoms with E-state index in [0.29, 0.717) is 5.92 Å². The van der Waals surface area contributed by atoms with E-state index in [-0.39, 0.29) is 6.03 Å². The zero-order chi connectivity index (χ0) is 9.97. The molecule has 1 N–H and O–H groups in total. The molecule has 2 heterocycles. The van der Waals surface area contributed by atoms with Crippen LogP contribution in [0.25, 0.3) is 0 Å². The quantitative estimate of drug-likeness (QED) is 0.693. The fraction of sp³-hybridized carbons (Fsp3) is 0.900. The zero-order valence-corrected chi connectivity index (χ0v) is 8.83. The molecule has 0 radical (unpaired) electrons. The number of rotatable bonds is 2. The maximum atomic E-state index is 11.6. The molecule has 2 aliphatic heterocycles. The zero-order valence-electron chi connectivity index (χ0n) is 8.83. The van der Waals surface area contributed by atoms with Gasteiger partial charge in [0.25, 0.3) is 0 Å². The Kier molecular flexibility index (Phi) is 2.91. The molecule has 0 spiro atoms. The highest BCUT2D eigenvalue weighted by molar-refractivity contribution is 5.76. The van der Waals surface area contributed by atoms with Gasteiger partial charge in [-0.15, -0.1) is 0 Å². The van der Waals surface area contributed by atoms with E-state index in [1.54, 1.807) is 4.90 Å². The molecular weight excluding hydrogens is 178 g/mol. The SMILES string of the molecule is CN1CCN(CC2CCCNC2)C1=O. The van der Waals surface area contributed by atoms with Crippen molar-refractivity contribution in [2.75, 3.05) is 39.8 Å². The highest BCUT2D eigenvalue weighted by Crippen LogP contribution is 2.15. The van der Waals surface area contributed by atoms with Gasteiger partial charge in [-0.25, -0.2) is 4.79 Å². The summed E-state index contributed by atoms with van der Waals surface area (Å²) >= 11 is 0. The van der Waals surface area contributed by atoms with E-state index in [2.05, 4.69) is 5.32 Å². The smallest absolute Gasteiger partial charge is 0.319 e. The lowest BCUT2D eigenvalue weighted by molar-refractivity contribution is 0.187. The summed E-state index contributed by atoms with van der Waals surface area (Å²) in [5.74, 6) is 0.666. The molecule has 80 valence electrons. The predicted molar refractivity (Wildman–Crippen MR) is 55.2 cm³/mol. The highest BCUT2D eigenvalue weighted by Gasteiger charge is 2.27. The Bertz CT molecular complexity index is 213. The van der Waals surface area contributed by atoms with Crippen LogP contribution in [0.3, 0.4) is 0 Å². The second-order valence-electron chi connectivity index (χ2n) is 4.36. The van der Waals surface area contributed by atoms with Crippen LogP contribution in [0.4, 0.5) is 4.79 Å². The highest BCUT2D eigenvalue weighted by atomic mass is 16.2. The molecule has 2 aliphatic rings. The molecule has 2 fully saturated rings. The molecule has 14 heavy (non-hydrogen) atoms. The average molecular weight is 197 g/mol. The van der Waals surface area contributed by atoms with Crippen molar-refractivity contribution >= 4 is 6.03 Å². The topological polar surface area (TPSA) is 35.6 Å². The summed E-state index contributed by atoms with van der Waals surface area (Å²) in [7, 11) is 1.88. The number of carbonyl (C=O) groups is 1. The van der Waals surface area contributed by atoms with Gasteiger partial charge in [0.1, 0.15) is 0 Å². The van der Waals surface area contributed by atoms with Crippen molar-refractivity contribution in [3.63, 3.8) is 0 Å². The first kappa shape index (κ1) is 9.77. The molecule has 0 aromatic heterocycles. The van der Waals surface area contributed by atoms with Crippen LogP contribution in [0.2, 0.25) is 0 Å². The average Bonchev–Trinajstić information content (AvgIpc) is 2.52. The number of hydrogen-bond acceptors (Lipinski definition) is 2. The molecule has 0 aromatic carbocycles. The fourth-order valence-corrected chi connectivity index (χ4v) is 2.26. The maximum absolute atomic E-state index is 11.6. The number of likely N-dealkylation sites (N-methyl/N-ethyl adjacent to an activating group) is 1. The Hall–Kier alpha value is -0.770. The molecule has 0 aromatic rings. The Morgan fingerprint density at radius 1 is 1.50 bits per heavy atom. The summed E-state index contributed by atoms with van der Waals surface area (Å²) in [6, 6.07) is 0.204. The summed E-state index contributed by atoms with van der Waals surface area (Å²) in [6.45, 7) is 4.96. The van der Waals surface area contributed by atoms with Crippen molar-refractivity contribution in [2.45, 2.75) is 12.8 Å². The standard InChI is InChI=1S/C10H19N3O/c1-12-5-6-13(10(12)14)8-9-3-2-4-11-7-9/h9,11H,2-8H2,1H3. The summed E-state index contributed by atoms with van der Waals surface area (Å²) < 4.78 is 0. The number of carbonyl (C=O) groups excluding carboxylic acids is 1. The lowest BCUT2D eigenvalue weighted by atomic mass is 9.99. The van der Waals surface area contributed by atoms with E-state index >= 15 is 0 Å². The number of hydrogen-bond donors (Lipinski definition) is 1. The first-order valence-electron chi connectivity index (χ1n) is 5.48. The van der Waals surface area contributed by atoms with Crippen molar-refractivity contribution < 1.29 is 4.79 Å². The molecule has 2 saturated heterocycles. The first-order chi connectivity index (χ1) is 6.77. The van der Waals surface area contributed by atoms with Gasteiger partial charge in [0.05, 0.1) is 0 Å². The normalized spacial score (nSPS) is 28.6. The van der Waals surface area contributed by atoms with Gasteiger partial charge >= 0.3 is 6.03 Å². The predicted octanol–water partition coefficient (Wildman–Crippen LogP) is 0.353. The van der Waals surface area contributed by atoms with Gasteiger partial charge in [-0.3, -0.25) is 0 Å². The maximum Gasteiger partial charge on any atom is 0.319 e. The number of nitrogens with zero attached hydrogens (tertiary/aromatic N) is 2. The van der Waals surface area contributed by atoms with Crippen LogP contribution in [0.1, 0.15) is 12.8 Å². The molecule has 1 unspecified atom stereocenters. The Morgan fingerprint density at radius 3 is 2.93 bits per heavy atom. The third kappa shape index (κ3) is 2.00. The van der Waals surface area contributed by atoms with Crippen molar-refractivity contribution in [2.24, 2.45) is 5.92 Å². The summed E-state index contributed by atoms with van der Waals surface area (Å²) in [5.41, 5.74) is 0. The van der Waals surface area contributed by atoms with Gasteiger partial charge in [-0.1, -0.05) is 0 Å². The van der Waals surface area contributed by atoms with E-state index in [0.717, 1.165) is 32.7 Å². The van der Waals surface area contributed by atoms with E-state index in [4.69, 9.17) is 0 Å². The Morgan fingerprint density at radius 2 is 2.36 bits per heavy atom. The Labute approximate surface area is 85.2 Å². The van der Waals surface area contributed by atoms with Crippen LogP contribution in [0.5, 0.6) is 0 Å². The van der Waals surface area contributed by atoms with Crippen molar-refractivity contribution in [3.8, 4) is 0 Å². The lowest BCUT2D eigenvalue weighted by Crippen LogP contribution is -2.39. The minimum Gasteiger partial charge on any atom is -0.326 e. The molecular formula is C10H19N3O. The third-order valence-corrected chi connectivity index (χ3v) is 3.18. The number of nitrogens with one attached hydrogen (secondary N) is 1. The molecule has 4 nitrogen and oxygen atoms in total. The molecule has 0 saturated carbocycles. The third-order valence-electron chi connectivity index (χ3n) is 3.18. The van der Waals surface area contributed by atoms with Crippen LogP contribution in [0.15, 0.2) is 0 Å². The van der Waals surface area contributed by atoms with Crippen LogP contribution >= 0.6 is 0 Å². The molecule has 0 aliphatic carbocycles. The van der Waals surface area contributed by atoms with Gasteiger partial charge in [0.15, 0.2) is 0 Å². The van der Waals surface area contributed by atoms with Crippen molar-refractivity contribution in [1.29, 1.82) is 0 Å². The second-order valence-corrected chi connectivity index (χ2v) is 4.36. The van der Waals surface area contributed by atoms with E-state index < -0.39 is 0 Å². The largest absolute Gasteiger partial charge is 0.326 e. The fourth-order valence-electron chi connectivity index (χ4n) is 2.26. The molecule has 2 amide bonds. The summed E-state index contributed by atoms with van der Waals surface area (Å²) in [6.07, 6.45) is 2.52. The molecule has 2 rings (SSSR count). The summed E-state index contributed by atoms with van der Waals surface area (Å²) in [5, 5.41) is 3.38. The molecule has 4 heteroatoms. The van der Waals surface area contributed by atoms with Gasteiger partial charge < -0.3 is 15.1 Å². The van der Waals surface area contributed by atoms with E-state index in [1.807, 2.05) is 11.9 Å². The van der Waals surface area contributed by atoms with Crippen LogP contribution in [0, 0.1) is 5.92 Å². The number of piperidine rings is 1. The Balaban J connectivity index is 1.82. The van der Waals surface area contributed by atoms with E-state index in [9.17, 15) is 4.79 Å². The monoisotopic (exact) mass is 197 g/mol. The van der Waals surface area contributed by atoms with Gasteiger partial charge in [0.2, 0.25) is 0 Å². The van der Waals surface area contributed by atoms with Crippen LogP contribution < -0.4 is 5.32 Å². The minimum absolute atomic E-state index is 0.204. The first-order valence-corrected chi connectivity index (χ1v) is 5.48. The summed E-state index contributed by atoms with van der Waals surface area (Å²) in [4.78, 5) is 15.4. The molecule has 1 atom stereocenters. The van der Waals surface area contributed by atoms with Crippen molar-refractivity contribution in [1.82, 2.24) is 15.1 Å². The van der Waals surface area contributed by atoms with Gasteiger partial charge in [0, 0.05) is 26.7 Å². The number of amides is 2. The second kappa shape index (κ2) is 4.17. The number of urea groups is 1. The van der Waals surface area contributed by atoms with Crippen LogP contribution in [-0.2, 0) is 0 Å². The van der Waals surface area contributed by atoms with Crippen molar-refractivity contribution in [3.05, 3.63) is 0 Å². The van der Waals surface area contributed by atoms with Gasteiger partial charge in [-0.2, -0.15) is 0 Å². The lowest BCUT2D eigenvalue weighted by Gasteiger charge is -2.27.